The molecule has 0 saturated carbocycles. The van der Waals surface area contributed by atoms with Crippen LogP contribution in [0.2, 0.25) is 0 Å². The number of carboxylic acid groups (broad SMARTS) is 1. The predicted octanol–water partition coefficient (Wildman–Crippen LogP) is -1.90. The number of carbonyl (C=O) groups is 5. The molecule has 0 aliphatic heterocycles. The molecule has 0 heterocycles. The third-order valence-corrected chi connectivity index (χ3v) is 5.68. The van der Waals surface area contributed by atoms with E-state index in [4.69, 9.17) is 11.5 Å². The van der Waals surface area contributed by atoms with Crippen molar-refractivity contribution in [1.82, 2.24) is 16.0 Å². The maximum Gasteiger partial charge on any atom is 0.326 e. The molecule has 0 aliphatic rings. The summed E-state index contributed by atoms with van der Waals surface area (Å²) in [5.41, 5.74) is 11.5. The van der Waals surface area contributed by atoms with Gasteiger partial charge in [0, 0.05) is 12.8 Å². The summed E-state index contributed by atoms with van der Waals surface area (Å²) >= 11 is 0. The number of hydrogen-bond acceptors (Lipinski definition) is 8. The molecule has 0 aliphatic carbocycles. The van der Waals surface area contributed by atoms with Crippen LogP contribution in [0.1, 0.15) is 38.7 Å². The topological polar surface area (TPSA) is 234 Å². The monoisotopic (exact) mass is 509 g/mol. The third kappa shape index (κ3) is 9.88. The molecular weight excluding hydrogens is 474 g/mol. The number of phenols is 1. The Kier molecular flexibility index (Phi) is 12.3. The zero-order valence-electron chi connectivity index (χ0n) is 20.3. The highest BCUT2D eigenvalue weighted by molar-refractivity contribution is 5.94. The molecule has 0 bridgehead atoms. The van der Waals surface area contributed by atoms with Gasteiger partial charge in [-0.2, -0.15) is 0 Å². The van der Waals surface area contributed by atoms with Gasteiger partial charge in [0.1, 0.15) is 23.9 Å². The normalized spacial score (nSPS) is 15.0. The number of aliphatic carboxylic acids is 1. The Morgan fingerprint density at radius 3 is 1.94 bits per heavy atom. The standard InChI is InChI=1S/C23H35N5O8/c1-3-12(2)19(25)22(34)28-17(11-29)21(33)26-15(8-9-18(24)31)20(32)27-16(23(35)36)10-13-4-6-14(30)7-5-13/h4-7,12,15-17,19,29-30H,3,8-11,25H2,1-2H3,(H2,24,31)(H,26,33)(H,27,32)(H,28,34)(H,35,36). The van der Waals surface area contributed by atoms with Gasteiger partial charge in [0.15, 0.2) is 0 Å². The van der Waals surface area contributed by atoms with Crippen LogP contribution in [0.5, 0.6) is 5.75 Å². The van der Waals surface area contributed by atoms with Crippen molar-refractivity contribution in [3.63, 3.8) is 0 Å². The summed E-state index contributed by atoms with van der Waals surface area (Å²) in [6, 6.07) is 0.555. The first-order valence-electron chi connectivity index (χ1n) is 11.5. The second kappa shape index (κ2) is 14.6. The van der Waals surface area contributed by atoms with Crippen LogP contribution in [0, 0.1) is 5.92 Å². The molecule has 5 atom stereocenters. The van der Waals surface area contributed by atoms with Crippen molar-refractivity contribution in [3.05, 3.63) is 29.8 Å². The largest absolute Gasteiger partial charge is 0.508 e. The first kappa shape index (κ1) is 30.3. The van der Waals surface area contributed by atoms with E-state index >= 15 is 0 Å². The summed E-state index contributed by atoms with van der Waals surface area (Å²) in [6.45, 7) is 2.79. The van der Waals surface area contributed by atoms with Gasteiger partial charge in [-0.3, -0.25) is 19.2 Å². The number of aliphatic hydroxyl groups excluding tert-OH is 1. The minimum Gasteiger partial charge on any atom is -0.508 e. The zero-order chi connectivity index (χ0) is 27.4. The maximum absolute atomic E-state index is 12.9. The fourth-order valence-corrected chi connectivity index (χ4v) is 3.14. The van der Waals surface area contributed by atoms with E-state index in [1.54, 1.807) is 6.92 Å². The number of hydrogen-bond donors (Lipinski definition) is 8. The Hall–Kier alpha value is -3.71. The summed E-state index contributed by atoms with van der Waals surface area (Å²) in [5, 5.41) is 35.5. The van der Waals surface area contributed by atoms with E-state index in [9.17, 15) is 39.3 Å². The fourth-order valence-electron chi connectivity index (χ4n) is 3.14. The quantitative estimate of drug-likeness (QED) is 0.132. The lowest BCUT2D eigenvalue weighted by Crippen LogP contribution is -2.58. The molecule has 1 rings (SSSR count). The molecule has 0 spiro atoms. The molecule has 13 nitrogen and oxygen atoms in total. The Labute approximate surface area is 208 Å². The highest BCUT2D eigenvalue weighted by Crippen LogP contribution is 2.12. The minimum absolute atomic E-state index is 0.0143. The molecular formula is C23H35N5O8. The Bertz CT molecular complexity index is 924. The average Bonchev–Trinajstić information content (AvgIpc) is 2.84. The van der Waals surface area contributed by atoms with E-state index < -0.39 is 60.4 Å². The molecule has 10 N–H and O–H groups in total. The molecule has 5 unspecified atom stereocenters. The Balaban J connectivity index is 2.96. The van der Waals surface area contributed by atoms with Crippen LogP contribution in [0.15, 0.2) is 24.3 Å². The summed E-state index contributed by atoms with van der Waals surface area (Å²) in [6.07, 6.45) is -0.0739. The number of amides is 4. The number of nitrogens with one attached hydrogen (secondary N) is 3. The lowest BCUT2D eigenvalue weighted by molar-refractivity contribution is -0.142. The summed E-state index contributed by atoms with van der Waals surface area (Å²) in [4.78, 5) is 60.9. The number of aromatic hydroxyl groups is 1. The van der Waals surface area contributed by atoms with E-state index in [0.717, 1.165) is 0 Å². The van der Waals surface area contributed by atoms with Gasteiger partial charge in [0.25, 0.3) is 0 Å². The van der Waals surface area contributed by atoms with Crippen LogP contribution in [-0.2, 0) is 30.4 Å². The molecule has 36 heavy (non-hydrogen) atoms. The van der Waals surface area contributed by atoms with Crippen LogP contribution < -0.4 is 27.4 Å². The van der Waals surface area contributed by atoms with Crippen LogP contribution >= 0.6 is 0 Å². The molecule has 0 aromatic heterocycles. The second-order valence-electron chi connectivity index (χ2n) is 8.49. The predicted molar refractivity (Wildman–Crippen MR) is 128 cm³/mol. The van der Waals surface area contributed by atoms with Gasteiger partial charge in [-0.25, -0.2) is 4.79 Å². The van der Waals surface area contributed by atoms with Gasteiger partial charge < -0.3 is 42.7 Å². The highest BCUT2D eigenvalue weighted by Gasteiger charge is 2.31. The number of benzene rings is 1. The van der Waals surface area contributed by atoms with E-state index in [-0.39, 0.29) is 30.9 Å². The maximum atomic E-state index is 12.9. The summed E-state index contributed by atoms with van der Waals surface area (Å²) in [5.74, 6) is -4.82. The van der Waals surface area contributed by atoms with E-state index in [1.165, 1.54) is 24.3 Å². The smallest absolute Gasteiger partial charge is 0.326 e. The Morgan fingerprint density at radius 2 is 1.44 bits per heavy atom. The van der Waals surface area contributed by atoms with E-state index in [1.807, 2.05) is 6.92 Å². The van der Waals surface area contributed by atoms with Gasteiger partial charge in [0.2, 0.25) is 23.6 Å². The zero-order valence-corrected chi connectivity index (χ0v) is 20.3. The third-order valence-electron chi connectivity index (χ3n) is 5.68. The number of aliphatic hydroxyl groups is 1. The van der Waals surface area contributed by atoms with Crippen molar-refractivity contribution in [3.8, 4) is 5.75 Å². The number of rotatable bonds is 15. The van der Waals surface area contributed by atoms with Crippen LogP contribution in [-0.4, -0.2) is 75.7 Å². The van der Waals surface area contributed by atoms with Crippen molar-refractivity contribution < 1.29 is 39.3 Å². The lowest BCUT2D eigenvalue weighted by atomic mass is 9.99. The molecule has 13 heteroatoms. The number of carbonyl (C=O) groups excluding carboxylic acids is 4. The summed E-state index contributed by atoms with van der Waals surface area (Å²) in [7, 11) is 0. The molecule has 0 radical (unpaired) electrons. The fraction of sp³-hybridized carbons (Fsp3) is 0.522. The second-order valence-corrected chi connectivity index (χ2v) is 8.49. The van der Waals surface area contributed by atoms with Crippen molar-refractivity contribution in [1.29, 1.82) is 0 Å². The van der Waals surface area contributed by atoms with Gasteiger partial charge in [-0.1, -0.05) is 32.4 Å². The van der Waals surface area contributed by atoms with Gasteiger partial charge in [-0.05, 0) is 30.0 Å². The molecule has 0 saturated heterocycles. The van der Waals surface area contributed by atoms with Crippen LogP contribution in [0.4, 0.5) is 0 Å². The molecule has 200 valence electrons. The van der Waals surface area contributed by atoms with Crippen LogP contribution in [0.25, 0.3) is 0 Å². The molecule has 0 fully saturated rings. The van der Waals surface area contributed by atoms with Gasteiger partial charge >= 0.3 is 5.97 Å². The Morgan fingerprint density at radius 1 is 0.917 bits per heavy atom. The summed E-state index contributed by atoms with van der Waals surface area (Å²) < 4.78 is 0. The molecule has 4 amide bonds. The SMILES string of the molecule is CCC(C)C(N)C(=O)NC(CO)C(=O)NC(CCC(N)=O)C(=O)NC(Cc1ccc(O)cc1)C(=O)O. The van der Waals surface area contributed by atoms with Gasteiger partial charge in [0.05, 0.1) is 12.6 Å². The van der Waals surface area contributed by atoms with E-state index in [2.05, 4.69) is 16.0 Å². The first-order chi connectivity index (χ1) is 16.9. The number of nitrogens with two attached hydrogens (primary N) is 2. The number of carboxylic acids is 1. The number of primary amides is 1. The van der Waals surface area contributed by atoms with Crippen LogP contribution in [0.3, 0.4) is 0 Å². The number of phenolic OH excluding ortho intramolecular Hbond substituents is 1. The van der Waals surface area contributed by atoms with Crippen molar-refractivity contribution in [2.75, 3.05) is 6.61 Å². The van der Waals surface area contributed by atoms with E-state index in [0.29, 0.717) is 12.0 Å². The van der Waals surface area contributed by atoms with Crippen molar-refractivity contribution in [2.24, 2.45) is 17.4 Å². The van der Waals surface area contributed by atoms with Gasteiger partial charge in [-0.15, -0.1) is 0 Å². The minimum atomic E-state index is -1.44. The first-order valence-corrected chi connectivity index (χ1v) is 11.5. The molecule has 1 aromatic carbocycles. The average molecular weight is 510 g/mol. The molecule has 1 aromatic rings. The van der Waals surface area contributed by atoms with Crippen molar-refractivity contribution in [2.45, 2.75) is 63.7 Å². The lowest BCUT2D eigenvalue weighted by Gasteiger charge is -2.25. The highest BCUT2D eigenvalue weighted by atomic mass is 16.4. The van der Waals surface area contributed by atoms with Crippen molar-refractivity contribution >= 4 is 29.6 Å².